The van der Waals surface area contributed by atoms with Crippen LogP contribution in [0.4, 0.5) is 4.39 Å². The summed E-state index contributed by atoms with van der Waals surface area (Å²) in [4.78, 5) is 10.5. The molecule has 6 heteroatoms. The molecule has 5 nitrogen and oxygen atoms in total. The topological polar surface area (TPSA) is 55.5 Å². The van der Waals surface area contributed by atoms with Crippen molar-refractivity contribution in [3.8, 4) is 0 Å². The number of likely N-dealkylation sites (tertiary alicyclic amines) is 1. The van der Waals surface area contributed by atoms with Gasteiger partial charge in [0.15, 0.2) is 5.96 Å². The van der Waals surface area contributed by atoms with Gasteiger partial charge in [0.2, 0.25) is 0 Å². The minimum absolute atomic E-state index is 0.198. The van der Waals surface area contributed by atoms with Crippen molar-refractivity contribution in [3.05, 3.63) is 35.8 Å². The minimum Gasteiger partial charge on any atom is -0.361 e. The molecule has 0 unspecified atom stereocenters. The third-order valence-electron chi connectivity index (χ3n) is 5.28. The summed E-state index contributed by atoms with van der Waals surface area (Å²) >= 11 is 0. The van der Waals surface area contributed by atoms with Crippen molar-refractivity contribution in [3.63, 3.8) is 0 Å². The number of hydrogen-bond donors (Lipinski definition) is 3. The minimum atomic E-state index is -0.198. The van der Waals surface area contributed by atoms with Crippen LogP contribution in [0.5, 0.6) is 0 Å². The van der Waals surface area contributed by atoms with E-state index in [9.17, 15) is 4.39 Å². The first kappa shape index (κ1) is 20.6. The Labute approximate surface area is 167 Å². The Morgan fingerprint density at radius 3 is 2.82 bits per heavy atom. The summed E-state index contributed by atoms with van der Waals surface area (Å²) in [6, 6.07) is 5.34. The first-order valence-electron chi connectivity index (χ1n) is 10.6. The Bertz CT molecular complexity index is 774. The number of benzene rings is 1. The molecular formula is C22H34FN5. The van der Waals surface area contributed by atoms with E-state index in [0.29, 0.717) is 12.6 Å². The number of rotatable bonds is 7. The van der Waals surface area contributed by atoms with E-state index in [0.717, 1.165) is 67.2 Å². The zero-order chi connectivity index (χ0) is 19.9. The summed E-state index contributed by atoms with van der Waals surface area (Å²) in [7, 11) is 0. The predicted octanol–water partition coefficient (Wildman–Crippen LogP) is 3.53. The smallest absolute Gasteiger partial charge is 0.191 e. The van der Waals surface area contributed by atoms with Gasteiger partial charge in [-0.05, 0) is 55.9 Å². The first-order chi connectivity index (χ1) is 13.5. The molecule has 1 aromatic heterocycles. The molecular weight excluding hydrogens is 353 g/mol. The van der Waals surface area contributed by atoms with Crippen LogP contribution in [-0.2, 0) is 6.42 Å². The lowest BCUT2D eigenvalue weighted by Crippen LogP contribution is -2.49. The van der Waals surface area contributed by atoms with Crippen molar-refractivity contribution in [1.82, 2.24) is 20.5 Å². The lowest BCUT2D eigenvalue weighted by Gasteiger charge is -2.34. The molecule has 3 N–H and O–H groups in total. The fourth-order valence-corrected chi connectivity index (χ4v) is 3.94. The van der Waals surface area contributed by atoms with Gasteiger partial charge in [0.25, 0.3) is 0 Å². The number of aromatic nitrogens is 1. The number of hydrogen-bond acceptors (Lipinski definition) is 2. The second-order valence-electron chi connectivity index (χ2n) is 8.13. The molecule has 0 saturated carbocycles. The van der Waals surface area contributed by atoms with Gasteiger partial charge in [-0.1, -0.05) is 13.8 Å². The van der Waals surface area contributed by atoms with Gasteiger partial charge in [-0.2, -0.15) is 0 Å². The highest BCUT2D eigenvalue weighted by atomic mass is 19.1. The molecule has 28 heavy (non-hydrogen) atoms. The molecule has 3 rings (SSSR count). The number of aromatic amines is 1. The van der Waals surface area contributed by atoms with Gasteiger partial charge in [0.1, 0.15) is 5.82 Å². The molecule has 0 radical (unpaired) electrons. The maximum atomic E-state index is 13.5. The molecule has 0 aliphatic carbocycles. The monoisotopic (exact) mass is 387 g/mol. The van der Waals surface area contributed by atoms with Gasteiger partial charge in [0, 0.05) is 55.9 Å². The summed E-state index contributed by atoms with van der Waals surface area (Å²) in [5.41, 5.74) is 2.08. The van der Waals surface area contributed by atoms with Crippen molar-refractivity contribution in [2.24, 2.45) is 10.9 Å². The highest BCUT2D eigenvalue weighted by Crippen LogP contribution is 2.20. The molecule has 2 heterocycles. The molecule has 0 amide bonds. The van der Waals surface area contributed by atoms with Crippen LogP contribution >= 0.6 is 0 Å². The van der Waals surface area contributed by atoms with Gasteiger partial charge in [0.05, 0.1) is 0 Å². The molecule has 1 saturated heterocycles. The molecule has 2 aromatic rings. The Balaban J connectivity index is 1.53. The van der Waals surface area contributed by atoms with Gasteiger partial charge in [-0.3, -0.25) is 4.99 Å². The second-order valence-corrected chi connectivity index (χ2v) is 8.13. The summed E-state index contributed by atoms with van der Waals surface area (Å²) in [5, 5.41) is 7.91. The third-order valence-corrected chi connectivity index (χ3v) is 5.28. The first-order valence-corrected chi connectivity index (χ1v) is 10.6. The van der Waals surface area contributed by atoms with Crippen molar-refractivity contribution in [2.45, 2.75) is 46.1 Å². The molecule has 1 fully saturated rings. The normalized spacial score (nSPS) is 16.8. The number of piperidine rings is 1. The summed E-state index contributed by atoms with van der Waals surface area (Å²) in [5.74, 6) is 1.41. The van der Waals surface area contributed by atoms with Gasteiger partial charge in [-0.15, -0.1) is 0 Å². The van der Waals surface area contributed by atoms with E-state index in [-0.39, 0.29) is 5.82 Å². The molecule has 0 bridgehead atoms. The van der Waals surface area contributed by atoms with Crippen LogP contribution in [0.15, 0.2) is 29.4 Å². The summed E-state index contributed by atoms with van der Waals surface area (Å²) < 4.78 is 13.5. The number of guanidine groups is 1. The van der Waals surface area contributed by atoms with E-state index in [1.807, 2.05) is 6.20 Å². The Kier molecular flexibility index (Phi) is 7.31. The predicted molar refractivity (Wildman–Crippen MR) is 115 cm³/mol. The highest BCUT2D eigenvalue weighted by molar-refractivity contribution is 5.83. The van der Waals surface area contributed by atoms with E-state index in [4.69, 9.17) is 4.99 Å². The quantitative estimate of drug-likeness (QED) is 0.503. The van der Waals surface area contributed by atoms with Crippen molar-refractivity contribution in [2.75, 3.05) is 32.7 Å². The van der Waals surface area contributed by atoms with E-state index >= 15 is 0 Å². The van der Waals surface area contributed by atoms with E-state index in [2.05, 4.69) is 41.3 Å². The fraction of sp³-hybridized carbons (Fsp3) is 0.591. The molecule has 1 aliphatic rings. The maximum absolute atomic E-state index is 13.5. The third kappa shape index (κ3) is 5.71. The highest BCUT2D eigenvalue weighted by Gasteiger charge is 2.20. The van der Waals surface area contributed by atoms with Gasteiger partial charge >= 0.3 is 0 Å². The molecule has 1 aromatic carbocycles. The van der Waals surface area contributed by atoms with Gasteiger partial charge < -0.3 is 20.5 Å². The lowest BCUT2D eigenvalue weighted by atomic mass is 10.0. The van der Waals surface area contributed by atoms with Crippen molar-refractivity contribution < 1.29 is 4.39 Å². The van der Waals surface area contributed by atoms with Crippen LogP contribution in [0.2, 0.25) is 0 Å². The van der Waals surface area contributed by atoms with Crippen LogP contribution in [0.25, 0.3) is 10.9 Å². The summed E-state index contributed by atoms with van der Waals surface area (Å²) in [6.45, 7) is 11.6. The zero-order valence-corrected chi connectivity index (χ0v) is 17.4. The Hall–Kier alpha value is -2.08. The van der Waals surface area contributed by atoms with Crippen molar-refractivity contribution in [1.29, 1.82) is 0 Å². The number of fused-ring (bicyclic) bond motifs is 1. The van der Waals surface area contributed by atoms with Crippen LogP contribution in [-0.4, -0.2) is 54.6 Å². The summed E-state index contributed by atoms with van der Waals surface area (Å²) in [6.07, 6.45) is 5.05. The largest absolute Gasteiger partial charge is 0.361 e. The van der Waals surface area contributed by atoms with Crippen molar-refractivity contribution >= 4 is 16.9 Å². The Morgan fingerprint density at radius 2 is 2.11 bits per heavy atom. The van der Waals surface area contributed by atoms with Crippen LogP contribution in [0.3, 0.4) is 0 Å². The average Bonchev–Trinajstić information content (AvgIpc) is 3.05. The number of halogens is 1. The van der Waals surface area contributed by atoms with E-state index in [1.165, 1.54) is 12.6 Å². The molecule has 0 spiro atoms. The lowest BCUT2D eigenvalue weighted by molar-refractivity contribution is 0.187. The SMILES string of the molecule is CCNC(=NCCc1c[nH]c2ccc(F)cc12)NC1CCN(CC(C)C)CC1. The Morgan fingerprint density at radius 1 is 1.32 bits per heavy atom. The van der Waals surface area contributed by atoms with E-state index in [1.54, 1.807) is 12.1 Å². The number of nitrogens with zero attached hydrogens (tertiary/aromatic N) is 2. The number of aliphatic imine (C=N–C) groups is 1. The fourth-order valence-electron chi connectivity index (χ4n) is 3.94. The maximum Gasteiger partial charge on any atom is 0.191 e. The van der Waals surface area contributed by atoms with Crippen LogP contribution < -0.4 is 10.6 Å². The zero-order valence-electron chi connectivity index (χ0n) is 17.4. The second kappa shape index (κ2) is 9.92. The standard InChI is InChI=1S/C22H34FN5/c1-4-24-22(27-19-8-11-28(12-9-19)15-16(2)3)25-10-7-17-14-26-21-6-5-18(23)13-20(17)21/h5-6,13-14,16,19,26H,4,7-12,15H2,1-3H3,(H2,24,25,27). The van der Waals surface area contributed by atoms with Gasteiger partial charge in [-0.25, -0.2) is 4.39 Å². The van der Waals surface area contributed by atoms with Crippen LogP contribution in [0, 0.1) is 11.7 Å². The molecule has 1 aliphatic heterocycles. The number of nitrogens with one attached hydrogen (secondary N) is 3. The molecule has 154 valence electrons. The molecule has 0 atom stereocenters. The average molecular weight is 388 g/mol. The van der Waals surface area contributed by atoms with Crippen LogP contribution in [0.1, 0.15) is 39.2 Å². The van der Waals surface area contributed by atoms with E-state index < -0.39 is 0 Å². The number of H-pyrrole nitrogens is 1.